The van der Waals surface area contributed by atoms with Gasteiger partial charge in [-0.1, -0.05) is 36.0 Å². The van der Waals surface area contributed by atoms with Crippen molar-refractivity contribution in [3.05, 3.63) is 65.5 Å². The molecule has 0 unspecified atom stereocenters. The highest BCUT2D eigenvalue weighted by Gasteiger charge is 2.14. The first-order chi connectivity index (χ1) is 14.6. The summed E-state index contributed by atoms with van der Waals surface area (Å²) >= 11 is 1.43. The van der Waals surface area contributed by atoms with Gasteiger partial charge in [-0.15, -0.1) is 10.2 Å². The van der Waals surface area contributed by atoms with Crippen LogP contribution in [-0.2, 0) is 24.2 Å². The topological polar surface area (TPSA) is 66.2 Å². The Kier molecular flexibility index (Phi) is 7.90. The number of carbonyl (C=O) groups is 1. The summed E-state index contributed by atoms with van der Waals surface area (Å²) in [6.45, 7) is 5.37. The molecule has 0 saturated carbocycles. The summed E-state index contributed by atoms with van der Waals surface area (Å²) in [5.74, 6) is 2.98. The molecule has 7 heteroatoms. The Morgan fingerprint density at radius 3 is 2.67 bits per heavy atom. The van der Waals surface area contributed by atoms with Gasteiger partial charge in [0.05, 0.1) is 19.5 Å². The largest absolute Gasteiger partial charge is 0.497 e. The van der Waals surface area contributed by atoms with E-state index in [2.05, 4.69) is 17.1 Å². The number of hydrogen-bond donors (Lipinski definition) is 0. The van der Waals surface area contributed by atoms with E-state index >= 15 is 0 Å². The Bertz CT molecular complexity index is 987. The van der Waals surface area contributed by atoms with Gasteiger partial charge in [-0.25, -0.2) is 0 Å². The van der Waals surface area contributed by atoms with E-state index in [9.17, 15) is 4.79 Å². The number of ether oxygens (including phenoxy) is 2. The molecule has 0 bridgehead atoms. The lowest BCUT2D eigenvalue weighted by molar-refractivity contribution is -0.116. The molecule has 3 rings (SSSR count). The number of nitrogens with zero attached hydrogens (tertiary/aromatic N) is 3. The fourth-order valence-corrected chi connectivity index (χ4v) is 3.98. The number of aromatic nitrogens is 3. The lowest BCUT2D eigenvalue weighted by Crippen LogP contribution is -2.10. The molecular weight excluding hydrogens is 398 g/mol. The maximum atomic E-state index is 12.4. The van der Waals surface area contributed by atoms with Crippen LogP contribution in [0.4, 0.5) is 0 Å². The molecule has 0 N–H and O–H groups in total. The third-order valence-corrected chi connectivity index (χ3v) is 5.62. The monoisotopic (exact) mass is 425 g/mol. The second kappa shape index (κ2) is 10.8. The van der Waals surface area contributed by atoms with Crippen LogP contribution in [0.3, 0.4) is 0 Å². The molecule has 6 nitrogen and oxygen atoms in total. The Morgan fingerprint density at radius 1 is 1.10 bits per heavy atom. The summed E-state index contributed by atoms with van der Waals surface area (Å²) in [6.07, 6.45) is 1.04. The zero-order valence-corrected chi connectivity index (χ0v) is 18.4. The lowest BCUT2D eigenvalue weighted by atomic mass is 10.1. The van der Waals surface area contributed by atoms with Crippen molar-refractivity contribution in [1.29, 1.82) is 0 Å². The summed E-state index contributed by atoms with van der Waals surface area (Å²) in [5, 5.41) is 9.35. The Morgan fingerprint density at radius 2 is 1.90 bits per heavy atom. The van der Waals surface area contributed by atoms with Crippen LogP contribution in [0.25, 0.3) is 0 Å². The van der Waals surface area contributed by atoms with Crippen molar-refractivity contribution in [2.75, 3.05) is 19.5 Å². The average molecular weight is 426 g/mol. The first kappa shape index (κ1) is 21.9. The van der Waals surface area contributed by atoms with Crippen molar-refractivity contribution in [3.63, 3.8) is 0 Å². The molecule has 0 amide bonds. The number of Topliss-reactive ketones (excluding diaryl/α,β-unsaturated/α-hetero) is 1. The van der Waals surface area contributed by atoms with E-state index in [1.807, 2.05) is 60.0 Å². The highest BCUT2D eigenvalue weighted by atomic mass is 32.2. The van der Waals surface area contributed by atoms with Gasteiger partial charge >= 0.3 is 0 Å². The van der Waals surface area contributed by atoms with Crippen molar-refractivity contribution in [2.45, 2.75) is 38.4 Å². The predicted octanol–water partition coefficient (Wildman–Crippen LogP) is 4.14. The van der Waals surface area contributed by atoms with Gasteiger partial charge < -0.3 is 14.0 Å². The third kappa shape index (κ3) is 6.10. The Hall–Kier alpha value is -2.80. The summed E-state index contributed by atoms with van der Waals surface area (Å²) in [5.41, 5.74) is 2.12. The van der Waals surface area contributed by atoms with Crippen molar-refractivity contribution >= 4 is 17.5 Å². The SMILES string of the molecule is CCn1c(CCOc2cccc(C)c2)nnc1SCC(=O)Cc1cccc(OC)c1. The molecule has 1 heterocycles. The number of rotatable bonds is 11. The fraction of sp³-hybridized carbons (Fsp3) is 0.348. The summed E-state index contributed by atoms with van der Waals surface area (Å²) in [6, 6.07) is 15.6. The normalized spacial score (nSPS) is 10.8. The summed E-state index contributed by atoms with van der Waals surface area (Å²) in [4.78, 5) is 12.4. The molecule has 0 aliphatic heterocycles. The highest BCUT2D eigenvalue weighted by Crippen LogP contribution is 2.20. The van der Waals surface area contributed by atoms with Gasteiger partial charge in [0, 0.05) is 19.4 Å². The molecule has 0 atom stereocenters. The van der Waals surface area contributed by atoms with Crippen LogP contribution < -0.4 is 9.47 Å². The fourth-order valence-electron chi connectivity index (χ4n) is 3.10. The van der Waals surface area contributed by atoms with Crippen LogP contribution in [0.5, 0.6) is 11.5 Å². The van der Waals surface area contributed by atoms with Crippen molar-refractivity contribution in [3.8, 4) is 11.5 Å². The zero-order chi connectivity index (χ0) is 21.3. The van der Waals surface area contributed by atoms with Gasteiger partial charge in [0.2, 0.25) is 0 Å². The van der Waals surface area contributed by atoms with E-state index in [1.54, 1.807) is 7.11 Å². The molecule has 0 saturated heterocycles. The zero-order valence-electron chi connectivity index (χ0n) is 17.6. The summed E-state index contributed by atoms with van der Waals surface area (Å²) < 4.78 is 13.1. The molecule has 0 spiro atoms. The maximum absolute atomic E-state index is 12.4. The number of carbonyl (C=O) groups excluding carboxylic acids is 1. The maximum Gasteiger partial charge on any atom is 0.191 e. The molecule has 0 aliphatic rings. The summed E-state index contributed by atoms with van der Waals surface area (Å²) in [7, 11) is 1.62. The van der Waals surface area contributed by atoms with E-state index in [0.29, 0.717) is 25.2 Å². The van der Waals surface area contributed by atoms with Crippen LogP contribution in [0, 0.1) is 6.92 Å². The van der Waals surface area contributed by atoms with Crippen LogP contribution >= 0.6 is 11.8 Å². The number of methoxy groups -OCH3 is 1. The van der Waals surface area contributed by atoms with Crippen molar-refractivity contribution in [1.82, 2.24) is 14.8 Å². The van der Waals surface area contributed by atoms with Crippen molar-refractivity contribution in [2.24, 2.45) is 0 Å². The van der Waals surface area contributed by atoms with E-state index < -0.39 is 0 Å². The first-order valence-corrected chi connectivity index (χ1v) is 11.0. The van der Waals surface area contributed by atoms with E-state index in [1.165, 1.54) is 17.3 Å². The minimum Gasteiger partial charge on any atom is -0.497 e. The molecular formula is C23H27N3O3S. The van der Waals surface area contributed by atoms with E-state index in [0.717, 1.165) is 34.6 Å². The van der Waals surface area contributed by atoms with Crippen LogP contribution in [-0.4, -0.2) is 40.0 Å². The Balaban J connectivity index is 1.52. The number of hydrogen-bond acceptors (Lipinski definition) is 6. The lowest BCUT2D eigenvalue weighted by Gasteiger charge is -2.09. The molecule has 0 radical (unpaired) electrons. The van der Waals surface area contributed by atoms with Crippen LogP contribution in [0.15, 0.2) is 53.7 Å². The van der Waals surface area contributed by atoms with Gasteiger partial charge in [-0.2, -0.15) is 0 Å². The number of aryl methyl sites for hydroxylation is 1. The average Bonchev–Trinajstić information content (AvgIpc) is 3.14. The third-order valence-electron chi connectivity index (χ3n) is 4.59. The molecule has 30 heavy (non-hydrogen) atoms. The van der Waals surface area contributed by atoms with Gasteiger partial charge in [0.25, 0.3) is 0 Å². The molecule has 1 aromatic heterocycles. The first-order valence-electron chi connectivity index (χ1n) is 9.98. The second-order valence-corrected chi connectivity index (χ2v) is 7.86. The van der Waals surface area contributed by atoms with E-state index in [4.69, 9.17) is 9.47 Å². The predicted molar refractivity (Wildman–Crippen MR) is 119 cm³/mol. The molecule has 0 aliphatic carbocycles. The van der Waals surface area contributed by atoms with Gasteiger partial charge in [-0.3, -0.25) is 4.79 Å². The minimum absolute atomic E-state index is 0.142. The molecule has 3 aromatic rings. The second-order valence-electron chi connectivity index (χ2n) is 6.91. The van der Waals surface area contributed by atoms with Crippen molar-refractivity contribution < 1.29 is 14.3 Å². The van der Waals surface area contributed by atoms with Crippen LogP contribution in [0.2, 0.25) is 0 Å². The molecule has 0 fully saturated rings. The smallest absolute Gasteiger partial charge is 0.191 e. The quantitative estimate of drug-likeness (QED) is 0.430. The van der Waals surface area contributed by atoms with Gasteiger partial charge in [-0.05, 0) is 49.2 Å². The molecule has 158 valence electrons. The van der Waals surface area contributed by atoms with Crippen LogP contribution in [0.1, 0.15) is 23.9 Å². The Labute approximate surface area is 181 Å². The highest BCUT2D eigenvalue weighted by molar-refractivity contribution is 7.99. The molecule has 2 aromatic carbocycles. The minimum atomic E-state index is 0.142. The number of ketones is 1. The van der Waals surface area contributed by atoms with Gasteiger partial charge in [0.1, 0.15) is 23.1 Å². The standard InChI is InChI=1S/C23H27N3O3S/c1-4-26-22(11-12-29-21-10-5-7-17(2)13-21)24-25-23(26)30-16-19(27)14-18-8-6-9-20(15-18)28-3/h5-10,13,15H,4,11-12,14,16H2,1-3H3. The van der Waals surface area contributed by atoms with Gasteiger partial charge in [0.15, 0.2) is 5.16 Å². The number of benzene rings is 2. The number of thioether (sulfide) groups is 1. The van der Waals surface area contributed by atoms with E-state index in [-0.39, 0.29) is 5.78 Å².